The number of aromatic carboxylic acids is 1. The van der Waals surface area contributed by atoms with Crippen LogP contribution in [0.1, 0.15) is 22.5 Å². The predicted molar refractivity (Wildman–Crippen MR) is 54.9 cm³/mol. The molecular weight excluding hydrogens is 194 g/mol. The van der Waals surface area contributed by atoms with Crippen LogP contribution in [0.5, 0.6) is 5.75 Å². The summed E-state index contributed by atoms with van der Waals surface area (Å²) in [7, 11) is 0. The van der Waals surface area contributed by atoms with Crippen LogP contribution in [0.15, 0.2) is 12.3 Å². The average Bonchev–Trinajstić information content (AvgIpc) is 2.18. The van der Waals surface area contributed by atoms with Gasteiger partial charge in [-0.15, -0.1) is 12.3 Å². The summed E-state index contributed by atoms with van der Waals surface area (Å²) < 4.78 is 5.26. The summed E-state index contributed by atoms with van der Waals surface area (Å²) in [5, 5.41) is 8.85. The van der Waals surface area contributed by atoms with Gasteiger partial charge in [0.1, 0.15) is 11.3 Å². The molecule has 15 heavy (non-hydrogen) atoms. The van der Waals surface area contributed by atoms with Gasteiger partial charge in [0.25, 0.3) is 0 Å². The lowest BCUT2D eigenvalue weighted by molar-refractivity contribution is 0.0692. The third-order valence-electron chi connectivity index (χ3n) is 1.74. The van der Waals surface area contributed by atoms with E-state index in [2.05, 4.69) is 10.9 Å². The minimum atomic E-state index is -1.06. The third-order valence-corrected chi connectivity index (χ3v) is 1.74. The van der Waals surface area contributed by atoms with E-state index in [-0.39, 0.29) is 5.56 Å². The zero-order chi connectivity index (χ0) is 11.3. The van der Waals surface area contributed by atoms with Gasteiger partial charge in [0.2, 0.25) is 0 Å². The number of carboxylic acids is 1. The molecule has 4 nitrogen and oxygen atoms in total. The summed E-state index contributed by atoms with van der Waals surface area (Å²) >= 11 is 0. The molecule has 1 rings (SSSR count). The lowest BCUT2D eigenvalue weighted by Crippen LogP contribution is -2.05. The summed E-state index contributed by atoms with van der Waals surface area (Å²) in [6, 6.07) is 1.58. The van der Waals surface area contributed by atoms with Crippen molar-refractivity contribution in [3.63, 3.8) is 0 Å². The largest absolute Gasteiger partial charge is 0.492 e. The van der Waals surface area contributed by atoms with Crippen LogP contribution in [0.2, 0.25) is 0 Å². The number of aryl methyl sites for hydroxylation is 1. The zero-order valence-corrected chi connectivity index (χ0v) is 8.36. The van der Waals surface area contributed by atoms with Crippen molar-refractivity contribution in [3.8, 4) is 18.1 Å². The number of hydrogen-bond donors (Lipinski definition) is 1. The SMILES string of the molecule is C#CCCOc1cc(C)ncc1C(=O)O. The first kappa shape index (κ1) is 11.1. The van der Waals surface area contributed by atoms with E-state index in [1.54, 1.807) is 13.0 Å². The monoisotopic (exact) mass is 205 g/mol. The molecule has 1 aromatic heterocycles. The van der Waals surface area contributed by atoms with Crippen LogP contribution < -0.4 is 4.74 Å². The van der Waals surface area contributed by atoms with Crippen LogP contribution in [0, 0.1) is 19.3 Å². The van der Waals surface area contributed by atoms with E-state index < -0.39 is 5.97 Å². The Morgan fingerprint density at radius 2 is 2.47 bits per heavy atom. The molecule has 0 bridgehead atoms. The lowest BCUT2D eigenvalue weighted by atomic mass is 10.2. The van der Waals surface area contributed by atoms with Crippen molar-refractivity contribution in [1.29, 1.82) is 0 Å². The second-order valence-electron chi connectivity index (χ2n) is 2.93. The molecule has 0 unspecified atom stereocenters. The number of rotatable bonds is 4. The maximum absolute atomic E-state index is 10.8. The minimum Gasteiger partial charge on any atom is -0.492 e. The van der Waals surface area contributed by atoms with Gasteiger partial charge < -0.3 is 9.84 Å². The maximum atomic E-state index is 10.8. The molecule has 0 saturated heterocycles. The molecule has 0 aliphatic heterocycles. The highest BCUT2D eigenvalue weighted by Crippen LogP contribution is 2.18. The van der Waals surface area contributed by atoms with Crippen LogP contribution in [0.4, 0.5) is 0 Å². The molecule has 0 radical (unpaired) electrons. The Balaban J connectivity index is 2.88. The summed E-state index contributed by atoms with van der Waals surface area (Å²) in [4.78, 5) is 14.7. The molecular formula is C11H11NO3. The molecule has 1 N–H and O–H groups in total. The molecule has 0 aliphatic carbocycles. The quantitative estimate of drug-likeness (QED) is 0.597. The van der Waals surface area contributed by atoms with Crippen molar-refractivity contribution < 1.29 is 14.6 Å². The fourth-order valence-electron chi connectivity index (χ4n) is 1.03. The third kappa shape index (κ3) is 2.99. The standard InChI is InChI=1S/C11H11NO3/c1-3-4-5-15-10-6-8(2)12-7-9(10)11(13)14/h1,6-7H,4-5H2,2H3,(H,13,14). The van der Waals surface area contributed by atoms with E-state index in [1.165, 1.54) is 6.20 Å². The molecule has 1 heterocycles. The molecule has 0 amide bonds. The fraction of sp³-hybridized carbons (Fsp3) is 0.273. The summed E-state index contributed by atoms with van der Waals surface area (Å²) in [6.45, 7) is 2.07. The van der Waals surface area contributed by atoms with Crippen molar-refractivity contribution >= 4 is 5.97 Å². The summed E-state index contributed by atoms with van der Waals surface area (Å²) in [6.07, 6.45) is 6.79. The van der Waals surface area contributed by atoms with Crippen LogP contribution in [0.25, 0.3) is 0 Å². The minimum absolute atomic E-state index is 0.0534. The van der Waals surface area contributed by atoms with E-state index in [1.807, 2.05) is 0 Å². The number of carbonyl (C=O) groups is 1. The molecule has 0 saturated carbocycles. The van der Waals surface area contributed by atoms with Gasteiger partial charge in [-0.25, -0.2) is 4.79 Å². The first-order valence-electron chi connectivity index (χ1n) is 4.41. The predicted octanol–water partition coefficient (Wildman–Crippen LogP) is 1.49. The van der Waals surface area contributed by atoms with Crippen molar-refractivity contribution in [2.24, 2.45) is 0 Å². The van der Waals surface area contributed by atoms with Gasteiger partial charge in [-0.2, -0.15) is 0 Å². The topological polar surface area (TPSA) is 59.4 Å². The van der Waals surface area contributed by atoms with Gasteiger partial charge >= 0.3 is 5.97 Å². The Morgan fingerprint density at radius 1 is 1.73 bits per heavy atom. The van der Waals surface area contributed by atoms with E-state index in [4.69, 9.17) is 16.3 Å². The van der Waals surface area contributed by atoms with Crippen molar-refractivity contribution in [1.82, 2.24) is 4.98 Å². The Kier molecular flexibility index (Phi) is 3.69. The van der Waals surface area contributed by atoms with Crippen LogP contribution >= 0.6 is 0 Å². The average molecular weight is 205 g/mol. The fourth-order valence-corrected chi connectivity index (χ4v) is 1.03. The van der Waals surface area contributed by atoms with E-state index >= 15 is 0 Å². The molecule has 4 heteroatoms. The number of aromatic nitrogens is 1. The van der Waals surface area contributed by atoms with Crippen LogP contribution in [0.3, 0.4) is 0 Å². The Morgan fingerprint density at radius 3 is 3.07 bits per heavy atom. The smallest absolute Gasteiger partial charge is 0.341 e. The zero-order valence-electron chi connectivity index (χ0n) is 8.36. The molecule has 0 aromatic carbocycles. The first-order chi connectivity index (χ1) is 7.15. The van der Waals surface area contributed by atoms with Crippen LogP contribution in [-0.2, 0) is 0 Å². The van der Waals surface area contributed by atoms with Crippen molar-refractivity contribution in [2.75, 3.05) is 6.61 Å². The van der Waals surface area contributed by atoms with Gasteiger partial charge in [0.05, 0.1) is 6.61 Å². The Labute approximate surface area is 87.9 Å². The van der Waals surface area contributed by atoms with Crippen LogP contribution in [-0.4, -0.2) is 22.7 Å². The van der Waals surface area contributed by atoms with E-state index in [0.29, 0.717) is 24.5 Å². The van der Waals surface area contributed by atoms with E-state index in [9.17, 15) is 4.79 Å². The summed E-state index contributed by atoms with van der Waals surface area (Å²) in [5.74, 6) is 1.67. The van der Waals surface area contributed by atoms with Gasteiger partial charge in [-0.3, -0.25) is 4.98 Å². The Bertz CT molecular complexity index is 407. The molecule has 0 spiro atoms. The first-order valence-corrected chi connectivity index (χ1v) is 4.41. The second kappa shape index (κ2) is 5.01. The molecule has 0 fully saturated rings. The maximum Gasteiger partial charge on any atom is 0.341 e. The normalized spacial score (nSPS) is 9.33. The van der Waals surface area contributed by atoms with Gasteiger partial charge in [0, 0.05) is 24.4 Å². The number of ether oxygens (including phenoxy) is 1. The van der Waals surface area contributed by atoms with Gasteiger partial charge in [0.15, 0.2) is 0 Å². The van der Waals surface area contributed by atoms with Gasteiger partial charge in [-0.05, 0) is 6.92 Å². The van der Waals surface area contributed by atoms with Crippen molar-refractivity contribution in [3.05, 3.63) is 23.5 Å². The number of carboxylic acid groups (broad SMARTS) is 1. The number of hydrogen-bond acceptors (Lipinski definition) is 3. The number of nitrogens with zero attached hydrogens (tertiary/aromatic N) is 1. The number of terminal acetylenes is 1. The molecule has 78 valence electrons. The highest BCUT2D eigenvalue weighted by Gasteiger charge is 2.11. The highest BCUT2D eigenvalue weighted by molar-refractivity contribution is 5.90. The summed E-state index contributed by atoms with van der Waals surface area (Å²) in [5.41, 5.74) is 0.758. The lowest BCUT2D eigenvalue weighted by Gasteiger charge is -2.07. The highest BCUT2D eigenvalue weighted by atomic mass is 16.5. The van der Waals surface area contributed by atoms with E-state index in [0.717, 1.165) is 0 Å². The second-order valence-corrected chi connectivity index (χ2v) is 2.93. The molecule has 0 aliphatic rings. The van der Waals surface area contributed by atoms with Gasteiger partial charge in [-0.1, -0.05) is 0 Å². The molecule has 1 aromatic rings. The Hall–Kier alpha value is -2.02. The molecule has 0 atom stereocenters. The number of pyridine rings is 1. The van der Waals surface area contributed by atoms with Crippen molar-refractivity contribution in [2.45, 2.75) is 13.3 Å².